The summed E-state index contributed by atoms with van der Waals surface area (Å²) < 4.78 is 1.31. The Bertz CT molecular complexity index is 1760. The second-order valence-electron chi connectivity index (χ2n) is 17.5. The van der Waals surface area contributed by atoms with Crippen LogP contribution in [0.25, 0.3) is 11.1 Å². The van der Waals surface area contributed by atoms with E-state index in [0.717, 1.165) is 16.5 Å². The molecule has 5 heteroatoms. The van der Waals surface area contributed by atoms with Crippen LogP contribution in [0.1, 0.15) is 128 Å². The van der Waals surface area contributed by atoms with Crippen molar-refractivity contribution in [1.82, 2.24) is 0 Å². The van der Waals surface area contributed by atoms with Gasteiger partial charge in [0.1, 0.15) is 0 Å². The van der Waals surface area contributed by atoms with Gasteiger partial charge in [-0.05, 0) is 39.4 Å². The van der Waals surface area contributed by atoms with Crippen LogP contribution in [0.3, 0.4) is 0 Å². The molecule has 0 aromatic heterocycles. The summed E-state index contributed by atoms with van der Waals surface area (Å²) in [5, 5.41) is 1.53. The van der Waals surface area contributed by atoms with Gasteiger partial charge in [-0.15, -0.1) is 16.7 Å². The Morgan fingerprint density at radius 1 is 0.577 bits per heavy atom. The summed E-state index contributed by atoms with van der Waals surface area (Å²) >= 11 is 13.1. The molecule has 5 aromatic carbocycles. The van der Waals surface area contributed by atoms with Crippen LogP contribution >= 0.6 is 23.2 Å². The Labute approximate surface area is 352 Å². The van der Waals surface area contributed by atoms with Gasteiger partial charge in [-0.3, -0.25) is 0 Å². The van der Waals surface area contributed by atoms with Crippen LogP contribution in [0.15, 0.2) is 97.1 Å². The number of benzene rings is 4. The Morgan fingerprint density at radius 2 is 0.981 bits per heavy atom. The largest absolute Gasteiger partial charge is 1.00 e. The maximum atomic E-state index is 5.86. The summed E-state index contributed by atoms with van der Waals surface area (Å²) in [4.78, 5) is 0. The van der Waals surface area contributed by atoms with E-state index in [1.54, 1.807) is 0 Å². The fourth-order valence-electron chi connectivity index (χ4n) is 6.35. The molecule has 0 radical (unpaired) electrons. The maximum Gasteiger partial charge on any atom is -0.172 e. The van der Waals surface area contributed by atoms with Gasteiger partial charge in [0.15, 0.2) is 0 Å². The summed E-state index contributed by atoms with van der Waals surface area (Å²) in [5.41, 5.74) is 14.4. The van der Waals surface area contributed by atoms with Crippen molar-refractivity contribution in [2.45, 2.75) is 111 Å². The van der Waals surface area contributed by atoms with Crippen molar-refractivity contribution in [3.63, 3.8) is 0 Å². The minimum Gasteiger partial charge on any atom is -1.00 e. The number of fused-ring (bicyclic) bond motifs is 3. The van der Waals surface area contributed by atoms with Gasteiger partial charge < -0.3 is 24.8 Å². The SMILES string of the molecule is CC(C)(C)c1[c-]c2c(cc1C(C)(C)C)-c1cc(C(C)(C)C)c(C(C)(C)C)cc1C2.Clc1ccc([C](=[Zr+2])c2ccc(Cl)cc2)cc1.[Cl-].[Cl-].c1cc[cH-]c1. The average molecular weight is 852 g/mol. The first-order valence-corrected chi connectivity index (χ1v) is 19.6. The van der Waals surface area contributed by atoms with E-state index in [1.807, 2.05) is 78.9 Å². The van der Waals surface area contributed by atoms with E-state index in [2.05, 4.69) is 107 Å². The number of halogens is 4. The Kier molecular flexibility index (Phi) is 16.2. The molecular formula is C47H54Cl4Zr-2. The third kappa shape index (κ3) is 11.8. The zero-order valence-electron chi connectivity index (χ0n) is 33.0. The molecule has 1 aliphatic carbocycles. The van der Waals surface area contributed by atoms with Crippen molar-refractivity contribution in [3.8, 4) is 11.1 Å². The van der Waals surface area contributed by atoms with Crippen LogP contribution in [0.2, 0.25) is 10.0 Å². The molecular weight excluding hydrogens is 798 g/mol. The summed E-state index contributed by atoms with van der Waals surface area (Å²) in [5.74, 6) is 0. The molecule has 0 nitrogen and oxygen atoms in total. The van der Waals surface area contributed by atoms with Gasteiger partial charge in [0.2, 0.25) is 0 Å². The summed E-state index contributed by atoms with van der Waals surface area (Å²) in [6.45, 7) is 28.0. The van der Waals surface area contributed by atoms with Gasteiger partial charge in [-0.2, -0.15) is 35.9 Å². The number of hydrogen-bond donors (Lipinski definition) is 0. The predicted molar refractivity (Wildman–Crippen MR) is 216 cm³/mol. The smallest absolute Gasteiger partial charge is 0.172 e. The first-order chi connectivity index (χ1) is 23.1. The number of hydrogen-bond acceptors (Lipinski definition) is 0. The van der Waals surface area contributed by atoms with Gasteiger partial charge in [-0.25, -0.2) is 12.1 Å². The van der Waals surface area contributed by atoms with Gasteiger partial charge in [-0.1, -0.05) is 106 Å². The van der Waals surface area contributed by atoms with Gasteiger partial charge >= 0.3 is 120 Å². The molecule has 0 saturated heterocycles. The van der Waals surface area contributed by atoms with Crippen LogP contribution in [0.4, 0.5) is 0 Å². The molecule has 0 heterocycles. The first kappa shape index (κ1) is 46.3. The molecule has 0 fully saturated rings. The maximum absolute atomic E-state index is 5.86. The summed E-state index contributed by atoms with van der Waals surface area (Å²) in [7, 11) is 0. The van der Waals surface area contributed by atoms with Crippen LogP contribution in [-0.2, 0) is 52.3 Å². The molecule has 0 amide bonds. The standard InChI is InChI=1S/C29H41.C13H8Cl2.C5H5.2ClH.Zr/c1-26(2,3)22-14-18-13-19-15-23(27(4,5)6)25(29(10,11)12)17-21(19)20(18)16-24(22)28(7,8)9;14-12-5-1-10(2-6-12)9-11-3-7-13(15)8-4-11;1-2-4-5-3-1;;;/h14,16-17H,13H2,1-12H3;1-8H;1-5H;2*1H;/q-1;;-1;;;+2/p-2. The third-order valence-corrected chi connectivity index (χ3v) is 11.0. The van der Waals surface area contributed by atoms with Crippen LogP contribution in [0.5, 0.6) is 0 Å². The average Bonchev–Trinajstić information content (AvgIpc) is 3.71. The second-order valence-corrected chi connectivity index (χ2v) is 19.6. The normalized spacial score (nSPS) is 12.2. The number of rotatable bonds is 2. The molecule has 0 spiro atoms. The fraction of sp³-hybridized carbons (Fsp3) is 0.362. The van der Waals surface area contributed by atoms with Crippen LogP contribution in [-0.4, -0.2) is 3.21 Å². The van der Waals surface area contributed by atoms with E-state index >= 15 is 0 Å². The van der Waals surface area contributed by atoms with E-state index in [0.29, 0.717) is 0 Å². The predicted octanol–water partition coefficient (Wildman–Crippen LogP) is 7.77. The third-order valence-electron chi connectivity index (χ3n) is 9.06. The Morgan fingerprint density at radius 3 is 1.35 bits per heavy atom. The Balaban J connectivity index is 0.000000340. The molecule has 1 aliphatic rings. The Hall–Kier alpha value is -1.86. The van der Waals surface area contributed by atoms with Crippen molar-refractivity contribution >= 4 is 26.4 Å². The summed E-state index contributed by atoms with van der Waals surface area (Å²) in [6.07, 6.45) is 1.01. The zero-order valence-corrected chi connectivity index (χ0v) is 38.4. The molecule has 0 aliphatic heterocycles. The van der Waals surface area contributed by atoms with Crippen molar-refractivity contribution in [2.75, 3.05) is 0 Å². The molecule has 52 heavy (non-hydrogen) atoms. The van der Waals surface area contributed by atoms with Crippen molar-refractivity contribution in [3.05, 3.63) is 158 Å². The van der Waals surface area contributed by atoms with Crippen molar-refractivity contribution in [1.29, 1.82) is 0 Å². The quantitative estimate of drug-likeness (QED) is 0.157. The van der Waals surface area contributed by atoms with E-state index in [-0.39, 0.29) is 46.5 Å². The molecule has 0 bridgehead atoms. The first-order valence-electron chi connectivity index (χ1n) is 17.6. The van der Waals surface area contributed by atoms with E-state index in [1.165, 1.54) is 83.1 Å². The van der Waals surface area contributed by atoms with Crippen LogP contribution in [0, 0.1) is 6.07 Å². The fourth-order valence-corrected chi connectivity index (χ4v) is 7.42. The summed E-state index contributed by atoms with van der Waals surface area (Å²) in [6, 6.07) is 37.2. The molecule has 0 unspecified atom stereocenters. The van der Waals surface area contributed by atoms with Crippen molar-refractivity contribution < 1.29 is 49.0 Å². The molecule has 0 atom stereocenters. The van der Waals surface area contributed by atoms with Crippen LogP contribution < -0.4 is 24.8 Å². The topological polar surface area (TPSA) is 0 Å². The van der Waals surface area contributed by atoms with Gasteiger partial charge in [0, 0.05) is 0 Å². The monoisotopic (exact) mass is 848 g/mol. The molecule has 0 saturated carbocycles. The van der Waals surface area contributed by atoms with E-state index in [9.17, 15) is 0 Å². The molecule has 0 N–H and O–H groups in total. The van der Waals surface area contributed by atoms with E-state index < -0.39 is 0 Å². The molecule has 6 rings (SSSR count). The zero-order chi connectivity index (χ0) is 37.2. The minimum absolute atomic E-state index is 0. The van der Waals surface area contributed by atoms with Gasteiger partial charge in [0.05, 0.1) is 0 Å². The minimum atomic E-state index is 0. The molecule has 276 valence electrons. The van der Waals surface area contributed by atoms with Gasteiger partial charge in [0.25, 0.3) is 0 Å². The van der Waals surface area contributed by atoms with Crippen molar-refractivity contribution in [2.24, 2.45) is 0 Å². The molecule has 5 aromatic rings. The van der Waals surface area contributed by atoms with E-state index in [4.69, 9.17) is 23.2 Å². The second kappa shape index (κ2) is 18.2.